The molecule has 1 aromatic carbocycles. The van der Waals surface area contributed by atoms with Gasteiger partial charge in [0.25, 0.3) is 0 Å². The van der Waals surface area contributed by atoms with Crippen molar-refractivity contribution >= 4 is 11.6 Å². The molecule has 0 radical (unpaired) electrons. The molecule has 5 heteroatoms. The minimum absolute atomic E-state index is 0.160. The molecule has 5 nitrogen and oxygen atoms in total. The normalized spacial score (nSPS) is 11.9. The molecule has 5 N–H and O–H groups in total. The van der Waals surface area contributed by atoms with Crippen LogP contribution in [0, 0.1) is 0 Å². The average Bonchev–Trinajstić information content (AvgIpc) is 2.38. The van der Waals surface area contributed by atoms with Crippen molar-refractivity contribution in [1.82, 2.24) is 0 Å². The molecule has 0 spiro atoms. The monoisotopic (exact) mass is 251 g/mol. The van der Waals surface area contributed by atoms with Crippen LogP contribution in [0.4, 0.5) is 5.69 Å². The molecule has 0 saturated heterocycles. The fourth-order valence-corrected chi connectivity index (χ4v) is 1.49. The van der Waals surface area contributed by atoms with Gasteiger partial charge in [0.05, 0.1) is 6.04 Å². The summed E-state index contributed by atoms with van der Waals surface area (Å²) in [6.07, 6.45) is 1.57. The van der Waals surface area contributed by atoms with Gasteiger partial charge >= 0.3 is 0 Å². The number of carbonyl (C=O) groups excluding carboxylic acids is 1. The number of ether oxygens (including phenoxy) is 1. The third kappa shape index (κ3) is 4.73. The zero-order valence-corrected chi connectivity index (χ0v) is 10.7. The molecule has 1 unspecified atom stereocenters. The minimum atomic E-state index is -0.455. The lowest BCUT2D eigenvalue weighted by molar-refractivity contribution is -0.117. The number of hydrogen-bond acceptors (Lipinski definition) is 4. The van der Waals surface area contributed by atoms with E-state index in [0.29, 0.717) is 25.3 Å². The van der Waals surface area contributed by atoms with Crippen molar-refractivity contribution in [1.29, 1.82) is 0 Å². The summed E-state index contributed by atoms with van der Waals surface area (Å²) in [4.78, 5) is 11.7. The quantitative estimate of drug-likeness (QED) is 0.676. The van der Waals surface area contributed by atoms with E-state index in [9.17, 15) is 4.79 Å². The Bertz CT molecular complexity index is 365. The molecular formula is C13H21N3O2. The van der Waals surface area contributed by atoms with Crippen molar-refractivity contribution in [2.75, 3.05) is 18.5 Å². The fourth-order valence-electron chi connectivity index (χ4n) is 1.49. The molecule has 18 heavy (non-hydrogen) atoms. The Kier molecular flexibility index (Phi) is 6.18. The van der Waals surface area contributed by atoms with Crippen LogP contribution in [0.25, 0.3) is 0 Å². The second kappa shape index (κ2) is 7.68. The first-order valence-corrected chi connectivity index (χ1v) is 6.16. The van der Waals surface area contributed by atoms with Crippen LogP contribution in [-0.2, 0) is 4.79 Å². The highest BCUT2D eigenvalue weighted by atomic mass is 16.5. The maximum atomic E-state index is 11.7. The lowest BCUT2D eigenvalue weighted by Gasteiger charge is -2.11. The van der Waals surface area contributed by atoms with Gasteiger partial charge in [0, 0.05) is 12.2 Å². The zero-order chi connectivity index (χ0) is 13.4. The van der Waals surface area contributed by atoms with Gasteiger partial charge in [-0.25, -0.2) is 0 Å². The molecule has 0 aliphatic rings. The van der Waals surface area contributed by atoms with Gasteiger partial charge in [0.15, 0.2) is 0 Å². The molecular weight excluding hydrogens is 230 g/mol. The number of carbonyl (C=O) groups is 1. The SMILES string of the molecule is CCCC(N)C(=O)Nc1ccc(OCCN)cc1. The number of amides is 1. The van der Waals surface area contributed by atoms with Crippen LogP contribution in [0.2, 0.25) is 0 Å². The summed E-state index contributed by atoms with van der Waals surface area (Å²) < 4.78 is 5.34. The molecule has 1 aromatic rings. The first kappa shape index (κ1) is 14.5. The number of nitrogens with one attached hydrogen (secondary N) is 1. The van der Waals surface area contributed by atoms with E-state index in [0.717, 1.165) is 12.2 Å². The van der Waals surface area contributed by atoms with Gasteiger partial charge < -0.3 is 21.5 Å². The Balaban J connectivity index is 2.50. The molecule has 0 aliphatic heterocycles. The smallest absolute Gasteiger partial charge is 0.241 e. The van der Waals surface area contributed by atoms with Gasteiger partial charge in [-0.15, -0.1) is 0 Å². The Morgan fingerprint density at radius 3 is 2.61 bits per heavy atom. The average molecular weight is 251 g/mol. The van der Waals surface area contributed by atoms with Crippen molar-refractivity contribution in [3.05, 3.63) is 24.3 Å². The van der Waals surface area contributed by atoms with Gasteiger partial charge in [0.1, 0.15) is 12.4 Å². The molecule has 0 heterocycles. The Morgan fingerprint density at radius 2 is 2.06 bits per heavy atom. The van der Waals surface area contributed by atoms with Crippen LogP contribution in [0.1, 0.15) is 19.8 Å². The molecule has 0 aromatic heterocycles. The maximum Gasteiger partial charge on any atom is 0.241 e. The van der Waals surface area contributed by atoms with E-state index in [2.05, 4.69) is 5.32 Å². The Labute approximate surface area is 107 Å². The molecule has 1 amide bonds. The van der Waals surface area contributed by atoms with Crippen LogP contribution in [0.15, 0.2) is 24.3 Å². The second-order valence-electron chi connectivity index (χ2n) is 4.05. The van der Waals surface area contributed by atoms with E-state index in [4.69, 9.17) is 16.2 Å². The van der Waals surface area contributed by atoms with E-state index < -0.39 is 6.04 Å². The van der Waals surface area contributed by atoms with Crippen molar-refractivity contribution in [3.63, 3.8) is 0 Å². The highest BCUT2D eigenvalue weighted by molar-refractivity contribution is 5.94. The van der Waals surface area contributed by atoms with E-state index >= 15 is 0 Å². The molecule has 1 atom stereocenters. The molecule has 0 aliphatic carbocycles. The summed E-state index contributed by atoms with van der Waals surface area (Å²) >= 11 is 0. The summed E-state index contributed by atoms with van der Waals surface area (Å²) in [6.45, 7) is 2.95. The highest BCUT2D eigenvalue weighted by Crippen LogP contribution is 2.15. The van der Waals surface area contributed by atoms with Crippen LogP contribution in [0.3, 0.4) is 0 Å². The predicted octanol–water partition coefficient (Wildman–Crippen LogP) is 1.09. The van der Waals surface area contributed by atoms with E-state index in [1.54, 1.807) is 24.3 Å². The number of nitrogens with two attached hydrogens (primary N) is 2. The highest BCUT2D eigenvalue weighted by Gasteiger charge is 2.11. The zero-order valence-electron chi connectivity index (χ0n) is 10.7. The van der Waals surface area contributed by atoms with E-state index in [1.165, 1.54) is 0 Å². The van der Waals surface area contributed by atoms with E-state index in [-0.39, 0.29) is 5.91 Å². The summed E-state index contributed by atoms with van der Waals surface area (Å²) in [5, 5.41) is 2.77. The van der Waals surface area contributed by atoms with Gasteiger partial charge in [-0.2, -0.15) is 0 Å². The van der Waals surface area contributed by atoms with Crippen molar-refractivity contribution in [3.8, 4) is 5.75 Å². The van der Waals surface area contributed by atoms with Gasteiger partial charge in [-0.3, -0.25) is 4.79 Å². The Morgan fingerprint density at radius 1 is 1.39 bits per heavy atom. The van der Waals surface area contributed by atoms with Crippen molar-refractivity contribution in [2.45, 2.75) is 25.8 Å². The summed E-state index contributed by atoms with van der Waals surface area (Å²) in [7, 11) is 0. The molecule has 0 saturated carbocycles. The third-order valence-corrected chi connectivity index (χ3v) is 2.44. The Hall–Kier alpha value is -1.59. The van der Waals surface area contributed by atoms with Gasteiger partial charge in [-0.1, -0.05) is 13.3 Å². The van der Waals surface area contributed by atoms with Crippen LogP contribution in [0.5, 0.6) is 5.75 Å². The molecule has 1 rings (SSSR count). The number of anilines is 1. The summed E-state index contributed by atoms with van der Waals surface area (Å²) in [6, 6.07) is 6.68. The van der Waals surface area contributed by atoms with Gasteiger partial charge in [-0.05, 0) is 30.7 Å². The lowest BCUT2D eigenvalue weighted by atomic mass is 10.1. The third-order valence-electron chi connectivity index (χ3n) is 2.44. The van der Waals surface area contributed by atoms with Crippen LogP contribution >= 0.6 is 0 Å². The van der Waals surface area contributed by atoms with Crippen molar-refractivity contribution < 1.29 is 9.53 Å². The number of rotatable bonds is 7. The first-order chi connectivity index (χ1) is 8.67. The predicted molar refractivity (Wildman–Crippen MR) is 72.5 cm³/mol. The second-order valence-corrected chi connectivity index (χ2v) is 4.05. The largest absolute Gasteiger partial charge is 0.492 e. The maximum absolute atomic E-state index is 11.7. The summed E-state index contributed by atoms with van der Waals surface area (Å²) in [5.74, 6) is 0.573. The van der Waals surface area contributed by atoms with E-state index in [1.807, 2.05) is 6.92 Å². The topological polar surface area (TPSA) is 90.4 Å². The number of hydrogen-bond donors (Lipinski definition) is 3. The van der Waals surface area contributed by atoms with Gasteiger partial charge in [0.2, 0.25) is 5.91 Å². The fraction of sp³-hybridized carbons (Fsp3) is 0.462. The van der Waals surface area contributed by atoms with Crippen LogP contribution in [-0.4, -0.2) is 25.1 Å². The number of benzene rings is 1. The van der Waals surface area contributed by atoms with Crippen LogP contribution < -0.4 is 21.5 Å². The first-order valence-electron chi connectivity index (χ1n) is 6.16. The molecule has 0 fully saturated rings. The standard InChI is InChI=1S/C13H21N3O2/c1-2-3-12(15)13(17)16-10-4-6-11(7-5-10)18-9-8-14/h4-7,12H,2-3,8-9,14-15H2,1H3,(H,16,17). The lowest BCUT2D eigenvalue weighted by Crippen LogP contribution is -2.35. The summed E-state index contributed by atoms with van der Waals surface area (Å²) in [5.41, 5.74) is 11.8. The minimum Gasteiger partial charge on any atom is -0.492 e. The molecule has 100 valence electrons. The van der Waals surface area contributed by atoms with Crippen molar-refractivity contribution in [2.24, 2.45) is 11.5 Å². The molecule has 0 bridgehead atoms.